The standard InChI is InChI=1S/C16H23NO2/c1-16(7-2-9-19-16)12-17-8-5-13-3-4-15-14(11-13)6-10-18-15/h3-4,11,17H,2,5-10,12H2,1H3. The van der Waals surface area contributed by atoms with Gasteiger partial charge in [0.1, 0.15) is 5.75 Å². The molecule has 1 saturated heterocycles. The van der Waals surface area contributed by atoms with E-state index in [-0.39, 0.29) is 5.60 Å². The molecule has 3 nitrogen and oxygen atoms in total. The molecule has 0 aliphatic carbocycles. The molecule has 104 valence electrons. The summed E-state index contributed by atoms with van der Waals surface area (Å²) in [5, 5.41) is 3.53. The van der Waals surface area contributed by atoms with Gasteiger partial charge >= 0.3 is 0 Å². The van der Waals surface area contributed by atoms with Gasteiger partial charge in [-0.2, -0.15) is 0 Å². The predicted octanol–water partition coefficient (Wildman–Crippen LogP) is 2.32. The number of fused-ring (bicyclic) bond motifs is 1. The molecule has 1 unspecified atom stereocenters. The second-order valence-corrected chi connectivity index (χ2v) is 5.87. The smallest absolute Gasteiger partial charge is 0.122 e. The average Bonchev–Trinajstić information content (AvgIpc) is 3.03. The van der Waals surface area contributed by atoms with Gasteiger partial charge in [-0.25, -0.2) is 0 Å². The van der Waals surface area contributed by atoms with Crippen molar-refractivity contribution in [3.63, 3.8) is 0 Å². The number of ether oxygens (including phenoxy) is 2. The van der Waals surface area contributed by atoms with Crippen LogP contribution in [0.25, 0.3) is 0 Å². The zero-order valence-corrected chi connectivity index (χ0v) is 11.7. The van der Waals surface area contributed by atoms with Crippen molar-refractivity contribution in [2.45, 2.75) is 38.2 Å². The summed E-state index contributed by atoms with van der Waals surface area (Å²) in [6, 6.07) is 6.58. The van der Waals surface area contributed by atoms with Crippen LogP contribution in [0.5, 0.6) is 5.75 Å². The van der Waals surface area contributed by atoms with E-state index in [1.165, 1.54) is 24.0 Å². The summed E-state index contributed by atoms with van der Waals surface area (Å²) in [7, 11) is 0. The monoisotopic (exact) mass is 261 g/mol. The van der Waals surface area contributed by atoms with Gasteiger partial charge in [-0.3, -0.25) is 0 Å². The molecule has 19 heavy (non-hydrogen) atoms. The number of hydrogen-bond donors (Lipinski definition) is 1. The Morgan fingerprint density at radius 2 is 2.26 bits per heavy atom. The fourth-order valence-electron chi connectivity index (χ4n) is 2.96. The maximum Gasteiger partial charge on any atom is 0.122 e. The topological polar surface area (TPSA) is 30.5 Å². The van der Waals surface area contributed by atoms with Gasteiger partial charge in [0.25, 0.3) is 0 Å². The molecule has 0 saturated carbocycles. The average molecular weight is 261 g/mol. The summed E-state index contributed by atoms with van der Waals surface area (Å²) < 4.78 is 11.3. The minimum absolute atomic E-state index is 0.0613. The van der Waals surface area contributed by atoms with Gasteiger partial charge < -0.3 is 14.8 Å². The van der Waals surface area contributed by atoms with Gasteiger partial charge in [-0.05, 0) is 49.9 Å². The lowest BCUT2D eigenvalue weighted by Crippen LogP contribution is -2.37. The first-order valence-corrected chi connectivity index (χ1v) is 7.34. The van der Waals surface area contributed by atoms with Crippen molar-refractivity contribution in [2.75, 3.05) is 26.3 Å². The van der Waals surface area contributed by atoms with Crippen LogP contribution in [0, 0.1) is 0 Å². The largest absolute Gasteiger partial charge is 0.493 e. The molecule has 2 heterocycles. The third-order valence-electron chi connectivity index (χ3n) is 4.14. The summed E-state index contributed by atoms with van der Waals surface area (Å²) in [5.41, 5.74) is 2.82. The highest BCUT2D eigenvalue weighted by Crippen LogP contribution is 2.26. The van der Waals surface area contributed by atoms with E-state index < -0.39 is 0 Å². The molecule has 1 atom stereocenters. The molecule has 1 fully saturated rings. The van der Waals surface area contributed by atoms with Crippen LogP contribution in [0.1, 0.15) is 30.9 Å². The Balaban J connectivity index is 1.45. The second kappa shape index (κ2) is 5.51. The molecule has 3 rings (SSSR count). The quantitative estimate of drug-likeness (QED) is 0.825. The maximum absolute atomic E-state index is 5.77. The van der Waals surface area contributed by atoms with E-state index in [2.05, 4.69) is 30.4 Å². The molecule has 0 amide bonds. The van der Waals surface area contributed by atoms with Crippen molar-refractivity contribution in [1.29, 1.82) is 0 Å². The Bertz CT molecular complexity index is 438. The van der Waals surface area contributed by atoms with E-state index in [9.17, 15) is 0 Å². The highest BCUT2D eigenvalue weighted by molar-refractivity contribution is 5.39. The summed E-state index contributed by atoms with van der Waals surface area (Å²) in [4.78, 5) is 0. The van der Waals surface area contributed by atoms with Gasteiger partial charge in [0.05, 0.1) is 12.2 Å². The fourth-order valence-corrected chi connectivity index (χ4v) is 2.96. The molecule has 0 bridgehead atoms. The van der Waals surface area contributed by atoms with Crippen molar-refractivity contribution >= 4 is 0 Å². The van der Waals surface area contributed by atoms with E-state index in [0.29, 0.717) is 0 Å². The fraction of sp³-hybridized carbons (Fsp3) is 0.625. The first kappa shape index (κ1) is 12.9. The molecular weight excluding hydrogens is 238 g/mol. The molecule has 0 radical (unpaired) electrons. The van der Waals surface area contributed by atoms with Gasteiger partial charge in [0.2, 0.25) is 0 Å². The molecule has 3 heteroatoms. The summed E-state index contributed by atoms with van der Waals surface area (Å²) in [5.74, 6) is 1.07. The molecule has 1 aromatic carbocycles. The third kappa shape index (κ3) is 3.10. The molecule has 1 N–H and O–H groups in total. The van der Waals surface area contributed by atoms with Crippen LogP contribution in [-0.4, -0.2) is 31.9 Å². The zero-order valence-electron chi connectivity index (χ0n) is 11.7. The van der Waals surface area contributed by atoms with Crippen molar-refractivity contribution < 1.29 is 9.47 Å². The highest BCUT2D eigenvalue weighted by Gasteiger charge is 2.28. The predicted molar refractivity (Wildman–Crippen MR) is 75.8 cm³/mol. The van der Waals surface area contributed by atoms with E-state index >= 15 is 0 Å². The number of hydrogen-bond acceptors (Lipinski definition) is 3. The Kier molecular flexibility index (Phi) is 3.76. The third-order valence-corrected chi connectivity index (χ3v) is 4.14. The lowest BCUT2D eigenvalue weighted by Gasteiger charge is -2.23. The van der Waals surface area contributed by atoms with Crippen molar-refractivity contribution in [3.05, 3.63) is 29.3 Å². The van der Waals surface area contributed by atoms with Crippen LogP contribution >= 0.6 is 0 Å². The Labute approximate surface area is 115 Å². The van der Waals surface area contributed by atoms with Crippen molar-refractivity contribution in [3.8, 4) is 5.75 Å². The first-order chi connectivity index (χ1) is 9.25. The van der Waals surface area contributed by atoms with Gasteiger partial charge in [-0.15, -0.1) is 0 Å². The minimum atomic E-state index is 0.0613. The van der Waals surface area contributed by atoms with Crippen LogP contribution in [0.3, 0.4) is 0 Å². The van der Waals surface area contributed by atoms with Gasteiger partial charge in [0.15, 0.2) is 0 Å². The SMILES string of the molecule is CC1(CNCCc2ccc3c(c2)CCO3)CCCO1. The molecule has 1 aromatic rings. The van der Waals surface area contributed by atoms with Gasteiger partial charge in [-0.1, -0.05) is 12.1 Å². The Morgan fingerprint density at radius 1 is 1.32 bits per heavy atom. The van der Waals surface area contributed by atoms with E-state index in [4.69, 9.17) is 9.47 Å². The molecule has 2 aliphatic heterocycles. The van der Waals surface area contributed by atoms with Crippen LogP contribution in [0.15, 0.2) is 18.2 Å². The van der Waals surface area contributed by atoms with Crippen LogP contribution in [0.2, 0.25) is 0 Å². The summed E-state index contributed by atoms with van der Waals surface area (Å²) in [6.07, 6.45) is 4.51. The molecule has 2 aliphatic rings. The first-order valence-electron chi connectivity index (χ1n) is 7.34. The number of nitrogens with one attached hydrogen (secondary N) is 1. The zero-order chi connectivity index (χ0) is 13.1. The Morgan fingerprint density at radius 3 is 3.11 bits per heavy atom. The molecule has 0 spiro atoms. The second-order valence-electron chi connectivity index (χ2n) is 5.87. The maximum atomic E-state index is 5.77. The van der Waals surface area contributed by atoms with Crippen LogP contribution in [0.4, 0.5) is 0 Å². The van der Waals surface area contributed by atoms with E-state index in [0.717, 1.165) is 44.9 Å². The van der Waals surface area contributed by atoms with E-state index in [1.807, 2.05) is 0 Å². The molecular formula is C16H23NO2. The van der Waals surface area contributed by atoms with Crippen LogP contribution in [-0.2, 0) is 17.6 Å². The minimum Gasteiger partial charge on any atom is -0.493 e. The number of benzene rings is 1. The van der Waals surface area contributed by atoms with Crippen molar-refractivity contribution in [1.82, 2.24) is 5.32 Å². The number of rotatable bonds is 5. The normalized spacial score (nSPS) is 25.3. The summed E-state index contributed by atoms with van der Waals surface area (Å²) in [6.45, 7) is 5.94. The lowest BCUT2D eigenvalue weighted by atomic mass is 10.0. The molecule has 0 aromatic heterocycles. The van der Waals surface area contributed by atoms with E-state index in [1.54, 1.807) is 0 Å². The van der Waals surface area contributed by atoms with Crippen molar-refractivity contribution in [2.24, 2.45) is 0 Å². The highest BCUT2D eigenvalue weighted by atomic mass is 16.5. The Hall–Kier alpha value is -1.06. The summed E-state index contributed by atoms with van der Waals surface area (Å²) >= 11 is 0. The van der Waals surface area contributed by atoms with Crippen LogP contribution < -0.4 is 10.1 Å². The van der Waals surface area contributed by atoms with Gasteiger partial charge in [0, 0.05) is 19.6 Å². The lowest BCUT2D eigenvalue weighted by molar-refractivity contribution is 0.0211.